The largest absolute Gasteiger partial charge is 0.355 e. The number of thiazole rings is 1. The molecule has 1 N–H and O–H groups in total. The van der Waals surface area contributed by atoms with E-state index in [2.05, 4.69) is 15.3 Å². The summed E-state index contributed by atoms with van der Waals surface area (Å²) in [7, 11) is 0. The van der Waals surface area contributed by atoms with Crippen LogP contribution in [-0.2, 0) is 0 Å². The predicted molar refractivity (Wildman–Crippen MR) is 74.8 cm³/mol. The maximum absolute atomic E-state index is 10.9. The van der Waals surface area contributed by atoms with Crippen LogP contribution in [0.2, 0.25) is 5.15 Å². The lowest BCUT2D eigenvalue weighted by Crippen LogP contribution is -2.09. The van der Waals surface area contributed by atoms with Gasteiger partial charge < -0.3 is 5.32 Å². The van der Waals surface area contributed by atoms with Gasteiger partial charge in [0.25, 0.3) is 0 Å². The van der Waals surface area contributed by atoms with Gasteiger partial charge in [0.2, 0.25) is 5.82 Å². The molecule has 0 aliphatic heterocycles. The lowest BCUT2D eigenvalue weighted by molar-refractivity contribution is -0.384. The highest BCUT2D eigenvalue weighted by molar-refractivity contribution is 7.09. The number of nitrogens with zero attached hydrogens (tertiary/aromatic N) is 3. The summed E-state index contributed by atoms with van der Waals surface area (Å²) >= 11 is 7.26. The molecule has 0 saturated heterocycles. The van der Waals surface area contributed by atoms with Gasteiger partial charge in [-0.3, -0.25) is 10.1 Å². The van der Waals surface area contributed by atoms with Crippen LogP contribution in [0, 0.1) is 17.0 Å². The first-order valence-corrected chi connectivity index (χ1v) is 6.72. The van der Waals surface area contributed by atoms with Crippen LogP contribution in [-0.4, -0.2) is 14.9 Å². The van der Waals surface area contributed by atoms with Crippen LogP contribution < -0.4 is 5.32 Å². The van der Waals surface area contributed by atoms with Crippen molar-refractivity contribution in [3.63, 3.8) is 0 Å². The fourth-order valence-electron chi connectivity index (χ4n) is 1.52. The number of halogens is 1. The van der Waals surface area contributed by atoms with Crippen LogP contribution in [0.25, 0.3) is 0 Å². The molecule has 0 amide bonds. The minimum absolute atomic E-state index is 0.107. The molecule has 6 nitrogen and oxygen atoms in total. The van der Waals surface area contributed by atoms with Crippen LogP contribution >= 0.6 is 22.9 Å². The molecule has 1 unspecified atom stereocenters. The highest BCUT2D eigenvalue weighted by Crippen LogP contribution is 2.28. The fraction of sp³-hybridized carbons (Fsp3) is 0.273. The maximum atomic E-state index is 10.9. The monoisotopic (exact) mass is 298 g/mol. The summed E-state index contributed by atoms with van der Waals surface area (Å²) in [5.41, 5.74) is 0.812. The lowest BCUT2D eigenvalue weighted by Gasteiger charge is -2.12. The average Bonchev–Trinajstić information content (AvgIpc) is 2.75. The molecule has 0 radical (unpaired) electrons. The highest BCUT2D eigenvalue weighted by Gasteiger charge is 2.19. The van der Waals surface area contributed by atoms with Gasteiger partial charge in [-0.25, -0.2) is 9.97 Å². The Balaban J connectivity index is 2.27. The van der Waals surface area contributed by atoms with Crippen molar-refractivity contribution in [1.29, 1.82) is 0 Å². The maximum Gasteiger partial charge on any atom is 0.311 e. The topological polar surface area (TPSA) is 81.0 Å². The summed E-state index contributed by atoms with van der Waals surface area (Å²) in [4.78, 5) is 18.7. The second kappa shape index (κ2) is 5.50. The van der Waals surface area contributed by atoms with Crippen LogP contribution in [0.5, 0.6) is 0 Å². The van der Waals surface area contributed by atoms with Gasteiger partial charge in [-0.15, -0.1) is 11.3 Å². The van der Waals surface area contributed by atoms with E-state index in [1.165, 1.54) is 23.5 Å². The van der Waals surface area contributed by atoms with Crippen molar-refractivity contribution in [3.8, 4) is 0 Å². The molecule has 100 valence electrons. The molecule has 19 heavy (non-hydrogen) atoms. The van der Waals surface area contributed by atoms with E-state index >= 15 is 0 Å². The normalized spacial score (nSPS) is 12.2. The minimum Gasteiger partial charge on any atom is -0.355 e. The smallest absolute Gasteiger partial charge is 0.311 e. The van der Waals surface area contributed by atoms with E-state index in [9.17, 15) is 10.1 Å². The molecule has 0 spiro atoms. The Morgan fingerprint density at radius 3 is 2.79 bits per heavy atom. The first-order chi connectivity index (χ1) is 8.97. The molecular weight excluding hydrogens is 288 g/mol. The van der Waals surface area contributed by atoms with Crippen molar-refractivity contribution in [2.45, 2.75) is 19.9 Å². The number of aryl methyl sites for hydroxylation is 1. The molecule has 1 atom stereocenters. The molecule has 2 heterocycles. The third-order valence-corrected chi connectivity index (χ3v) is 3.75. The van der Waals surface area contributed by atoms with Crippen molar-refractivity contribution >= 4 is 34.4 Å². The SMILES string of the molecule is Cc1csc(C(C)Nc2nc(Cl)ccc2[N+](=O)[O-])n1. The second-order valence-corrected chi connectivity index (χ2v) is 5.23. The Morgan fingerprint density at radius 2 is 2.21 bits per heavy atom. The highest BCUT2D eigenvalue weighted by atomic mass is 35.5. The summed E-state index contributed by atoms with van der Waals surface area (Å²) in [5, 5.41) is 16.9. The third kappa shape index (κ3) is 3.18. The van der Waals surface area contributed by atoms with Crippen LogP contribution in [0.3, 0.4) is 0 Å². The van der Waals surface area contributed by atoms with Crippen molar-refractivity contribution in [1.82, 2.24) is 9.97 Å². The quantitative estimate of drug-likeness (QED) is 0.530. The number of nitro groups is 1. The number of hydrogen-bond acceptors (Lipinski definition) is 6. The van der Waals surface area contributed by atoms with Gasteiger partial charge in [0.1, 0.15) is 10.2 Å². The standard InChI is InChI=1S/C11H11ClN4O2S/c1-6-5-19-11(13-6)7(2)14-10-8(16(17)18)3-4-9(12)15-10/h3-5,7H,1-2H3,(H,14,15). The summed E-state index contributed by atoms with van der Waals surface area (Å²) in [6.45, 7) is 3.76. The molecule has 2 aromatic rings. The van der Waals surface area contributed by atoms with Gasteiger partial charge in [-0.1, -0.05) is 11.6 Å². The molecule has 0 saturated carbocycles. The van der Waals surface area contributed by atoms with Gasteiger partial charge in [0, 0.05) is 17.1 Å². The van der Waals surface area contributed by atoms with Crippen LogP contribution in [0.15, 0.2) is 17.5 Å². The number of hydrogen-bond donors (Lipinski definition) is 1. The summed E-state index contributed by atoms with van der Waals surface area (Å²) in [5.74, 6) is 0.151. The molecule has 0 aromatic carbocycles. The first kappa shape index (κ1) is 13.7. The Bertz CT molecular complexity index is 616. The Morgan fingerprint density at radius 1 is 1.47 bits per heavy atom. The van der Waals surface area contributed by atoms with Gasteiger partial charge in [0.15, 0.2) is 0 Å². The van der Waals surface area contributed by atoms with Crippen molar-refractivity contribution in [2.75, 3.05) is 5.32 Å². The molecule has 0 aliphatic carbocycles. The molecule has 0 aliphatic rings. The second-order valence-electron chi connectivity index (χ2n) is 3.95. The lowest BCUT2D eigenvalue weighted by atomic mass is 10.3. The molecule has 2 aromatic heterocycles. The minimum atomic E-state index is -0.495. The number of rotatable bonds is 4. The van der Waals surface area contributed by atoms with E-state index in [1.807, 2.05) is 19.2 Å². The van der Waals surface area contributed by atoms with Crippen molar-refractivity contribution < 1.29 is 4.92 Å². The molecule has 0 fully saturated rings. The predicted octanol–water partition coefficient (Wildman–Crippen LogP) is 3.58. The number of anilines is 1. The van der Waals surface area contributed by atoms with E-state index in [0.717, 1.165) is 10.7 Å². The number of pyridine rings is 1. The molecule has 0 bridgehead atoms. The number of nitrogens with one attached hydrogen (secondary N) is 1. The molecular formula is C11H11ClN4O2S. The van der Waals surface area contributed by atoms with E-state index in [0.29, 0.717) is 0 Å². The van der Waals surface area contributed by atoms with Gasteiger partial charge in [-0.2, -0.15) is 0 Å². The Hall–Kier alpha value is -1.73. The van der Waals surface area contributed by atoms with Crippen LogP contribution in [0.4, 0.5) is 11.5 Å². The molecule has 2 rings (SSSR count). The molecule has 8 heteroatoms. The van der Waals surface area contributed by atoms with E-state index in [1.54, 1.807) is 0 Å². The fourth-order valence-corrected chi connectivity index (χ4v) is 2.47. The zero-order chi connectivity index (χ0) is 14.0. The number of aromatic nitrogens is 2. The Kier molecular flexibility index (Phi) is 3.96. The summed E-state index contributed by atoms with van der Waals surface area (Å²) in [6.07, 6.45) is 0. The van der Waals surface area contributed by atoms with E-state index in [4.69, 9.17) is 11.6 Å². The summed E-state index contributed by atoms with van der Waals surface area (Å²) < 4.78 is 0. The van der Waals surface area contributed by atoms with E-state index < -0.39 is 4.92 Å². The van der Waals surface area contributed by atoms with Crippen molar-refractivity contribution in [3.05, 3.63) is 43.5 Å². The van der Waals surface area contributed by atoms with Crippen LogP contribution in [0.1, 0.15) is 23.7 Å². The van der Waals surface area contributed by atoms with Crippen molar-refractivity contribution in [2.24, 2.45) is 0 Å². The van der Waals surface area contributed by atoms with E-state index in [-0.39, 0.29) is 22.7 Å². The summed E-state index contributed by atoms with van der Waals surface area (Å²) in [6, 6.07) is 2.55. The van der Waals surface area contributed by atoms with Gasteiger partial charge >= 0.3 is 5.69 Å². The average molecular weight is 299 g/mol. The first-order valence-electron chi connectivity index (χ1n) is 5.47. The Labute approximate surface area is 118 Å². The zero-order valence-electron chi connectivity index (χ0n) is 10.3. The third-order valence-electron chi connectivity index (χ3n) is 2.40. The van der Waals surface area contributed by atoms with Gasteiger partial charge in [0.05, 0.1) is 11.0 Å². The van der Waals surface area contributed by atoms with Gasteiger partial charge in [-0.05, 0) is 19.9 Å². The zero-order valence-corrected chi connectivity index (χ0v) is 11.8.